The first kappa shape index (κ1) is 15.1. The molecule has 0 bridgehead atoms. The van der Waals surface area contributed by atoms with Gasteiger partial charge in [-0.2, -0.15) is 13.3 Å². The maximum absolute atomic E-state index is 6.33. The van der Waals surface area contributed by atoms with Crippen molar-refractivity contribution in [2.24, 2.45) is 0 Å². The first-order valence-electron chi connectivity index (χ1n) is 6.15. The molecule has 0 N–H and O–H groups in total. The summed E-state index contributed by atoms with van der Waals surface area (Å²) < 4.78 is 4.82. The predicted molar refractivity (Wildman–Crippen MR) is 81.3 cm³/mol. The lowest BCUT2D eigenvalue weighted by molar-refractivity contribution is 0.0245. The van der Waals surface area contributed by atoms with Crippen LogP contribution in [0.3, 0.4) is 0 Å². The van der Waals surface area contributed by atoms with Gasteiger partial charge in [0.05, 0.1) is 12.8 Å². The molecule has 104 valence electrons. The summed E-state index contributed by atoms with van der Waals surface area (Å²) in [6.45, 7) is 2.49. The van der Waals surface area contributed by atoms with Crippen molar-refractivity contribution >= 4 is 41.4 Å². The molecular weight excluding hydrogens is 305 g/mol. The highest BCUT2D eigenvalue weighted by atomic mass is 35.5. The van der Waals surface area contributed by atoms with Crippen molar-refractivity contribution in [3.63, 3.8) is 0 Å². The Hall–Kier alpha value is -0.290. The second-order valence-electron chi connectivity index (χ2n) is 4.36. The van der Waals surface area contributed by atoms with Gasteiger partial charge in [0.25, 0.3) is 0 Å². The van der Waals surface area contributed by atoms with Gasteiger partial charge in [-0.15, -0.1) is 0 Å². The number of hydrogen-bond acceptors (Lipinski definition) is 3. The molecule has 0 spiro atoms. The molecule has 2 rings (SSSR count). The first-order chi connectivity index (χ1) is 9.13. The quantitative estimate of drug-likeness (QED) is 0.776. The van der Waals surface area contributed by atoms with Crippen molar-refractivity contribution in [2.75, 3.05) is 6.67 Å². The van der Waals surface area contributed by atoms with Gasteiger partial charge in [0, 0.05) is 0 Å². The van der Waals surface area contributed by atoms with E-state index in [9.17, 15) is 0 Å². The standard InChI is InChI=1S/C13H16Cl3N3/c1-2-12-17(14)10-18(15)13(19(12)16)9-8-11-6-4-3-5-7-11/h3-9,12-13H,2,10H2,1H3. The molecule has 1 saturated heterocycles. The van der Waals surface area contributed by atoms with E-state index in [4.69, 9.17) is 35.3 Å². The second kappa shape index (κ2) is 6.93. The van der Waals surface area contributed by atoms with Crippen molar-refractivity contribution in [3.8, 4) is 0 Å². The summed E-state index contributed by atoms with van der Waals surface area (Å²) >= 11 is 18.6. The molecule has 0 saturated carbocycles. The Morgan fingerprint density at radius 2 is 1.84 bits per heavy atom. The number of hydrogen-bond donors (Lipinski definition) is 0. The van der Waals surface area contributed by atoms with Gasteiger partial charge in [0.2, 0.25) is 0 Å². The van der Waals surface area contributed by atoms with Crippen molar-refractivity contribution in [2.45, 2.75) is 25.7 Å². The van der Waals surface area contributed by atoms with E-state index in [1.165, 1.54) is 0 Å². The summed E-state index contributed by atoms with van der Waals surface area (Å²) in [4.78, 5) is 0. The fourth-order valence-electron chi connectivity index (χ4n) is 2.03. The fraction of sp³-hybridized carbons (Fsp3) is 0.385. The van der Waals surface area contributed by atoms with Gasteiger partial charge in [0.15, 0.2) is 0 Å². The van der Waals surface area contributed by atoms with Gasteiger partial charge in [-0.3, -0.25) is 0 Å². The molecule has 2 unspecified atom stereocenters. The number of benzene rings is 1. The Labute approximate surface area is 129 Å². The van der Waals surface area contributed by atoms with Crippen LogP contribution in [0.1, 0.15) is 18.9 Å². The normalized spacial score (nSPS) is 27.2. The van der Waals surface area contributed by atoms with Crippen LogP contribution in [-0.2, 0) is 0 Å². The first-order valence-corrected chi connectivity index (χ1v) is 7.17. The molecule has 1 fully saturated rings. The van der Waals surface area contributed by atoms with E-state index in [-0.39, 0.29) is 12.3 Å². The topological polar surface area (TPSA) is 9.72 Å². The Morgan fingerprint density at radius 3 is 2.47 bits per heavy atom. The van der Waals surface area contributed by atoms with Crippen LogP contribution in [0.25, 0.3) is 6.08 Å². The Balaban J connectivity index is 2.12. The van der Waals surface area contributed by atoms with Crippen LogP contribution < -0.4 is 0 Å². The lowest BCUT2D eigenvalue weighted by atomic mass is 10.2. The van der Waals surface area contributed by atoms with E-state index < -0.39 is 0 Å². The van der Waals surface area contributed by atoms with Crippen LogP contribution in [0.15, 0.2) is 36.4 Å². The maximum Gasteiger partial charge on any atom is 0.113 e. The second-order valence-corrected chi connectivity index (χ2v) is 5.62. The van der Waals surface area contributed by atoms with Gasteiger partial charge in [-0.05, 0) is 53.4 Å². The third-order valence-electron chi connectivity index (χ3n) is 3.04. The fourth-order valence-corrected chi connectivity index (χ4v) is 3.21. The van der Waals surface area contributed by atoms with E-state index in [0.29, 0.717) is 6.67 Å². The molecule has 1 heterocycles. The monoisotopic (exact) mass is 319 g/mol. The largest absolute Gasteiger partial charge is 0.186 e. The highest BCUT2D eigenvalue weighted by molar-refractivity contribution is 6.18. The molecule has 19 heavy (non-hydrogen) atoms. The number of halogens is 3. The summed E-state index contributed by atoms with van der Waals surface area (Å²) in [5, 5.41) is 0. The number of nitrogens with zero attached hydrogens (tertiary/aromatic N) is 3. The zero-order valence-electron chi connectivity index (χ0n) is 10.6. The smallest absolute Gasteiger partial charge is 0.113 e. The highest BCUT2D eigenvalue weighted by Crippen LogP contribution is 2.28. The van der Waals surface area contributed by atoms with Crippen LogP contribution >= 0.6 is 35.3 Å². The van der Waals surface area contributed by atoms with Crippen LogP contribution in [0.5, 0.6) is 0 Å². The Kier molecular flexibility index (Phi) is 5.51. The molecule has 0 radical (unpaired) electrons. The van der Waals surface area contributed by atoms with E-state index in [1.807, 2.05) is 49.4 Å². The third-order valence-corrected chi connectivity index (χ3v) is 4.11. The SMILES string of the molecule is CCC1N(Cl)CN(Cl)C(C=Cc2ccccc2)N1Cl. The molecule has 3 nitrogen and oxygen atoms in total. The van der Waals surface area contributed by atoms with Crippen molar-refractivity contribution in [1.82, 2.24) is 13.3 Å². The predicted octanol–water partition coefficient (Wildman–Crippen LogP) is 4.10. The van der Waals surface area contributed by atoms with Crippen LogP contribution in [0, 0.1) is 0 Å². The Morgan fingerprint density at radius 1 is 1.16 bits per heavy atom. The average Bonchev–Trinajstić information content (AvgIpc) is 2.39. The van der Waals surface area contributed by atoms with Gasteiger partial charge < -0.3 is 0 Å². The van der Waals surface area contributed by atoms with Crippen molar-refractivity contribution in [1.29, 1.82) is 0 Å². The summed E-state index contributed by atoms with van der Waals surface area (Å²) in [6, 6.07) is 10.0. The van der Waals surface area contributed by atoms with Crippen molar-refractivity contribution in [3.05, 3.63) is 42.0 Å². The van der Waals surface area contributed by atoms with E-state index in [0.717, 1.165) is 12.0 Å². The highest BCUT2D eigenvalue weighted by Gasteiger charge is 2.36. The minimum atomic E-state index is -0.191. The van der Waals surface area contributed by atoms with Gasteiger partial charge >= 0.3 is 0 Å². The summed E-state index contributed by atoms with van der Waals surface area (Å²) in [5.41, 5.74) is 1.11. The Bertz CT molecular complexity index is 426. The molecular formula is C13H16Cl3N3. The van der Waals surface area contributed by atoms with E-state index in [1.54, 1.807) is 13.3 Å². The summed E-state index contributed by atoms with van der Waals surface area (Å²) in [6.07, 6.45) is 4.58. The molecule has 0 amide bonds. The van der Waals surface area contributed by atoms with Crippen LogP contribution in [0.2, 0.25) is 0 Å². The number of rotatable bonds is 3. The molecule has 0 aliphatic carbocycles. The third kappa shape index (κ3) is 3.63. The minimum absolute atomic E-state index is 0.0382. The maximum atomic E-state index is 6.33. The summed E-state index contributed by atoms with van der Waals surface area (Å²) in [7, 11) is 0. The van der Waals surface area contributed by atoms with Crippen molar-refractivity contribution < 1.29 is 0 Å². The van der Waals surface area contributed by atoms with Crippen LogP contribution in [0.4, 0.5) is 0 Å². The lowest BCUT2D eigenvalue weighted by Gasteiger charge is -2.43. The van der Waals surface area contributed by atoms with Gasteiger partial charge in [-0.25, -0.2) is 0 Å². The lowest BCUT2D eigenvalue weighted by Crippen LogP contribution is -2.56. The molecule has 1 aliphatic heterocycles. The van der Waals surface area contributed by atoms with Gasteiger partial charge in [-0.1, -0.05) is 43.3 Å². The minimum Gasteiger partial charge on any atom is -0.186 e. The van der Waals surface area contributed by atoms with Gasteiger partial charge in [0.1, 0.15) is 6.17 Å². The molecule has 1 aromatic rings. The summed E-state index contributed by atoms with van der Waals surface area (Å²) in [5.74, 6) is 0. The molecule has 1 aromatic carbocycles. The van der Waals surface area contributed by atoms with E-state index >= 15 is 0 Å². The zero-order chi connectivity index (χ0) is 13.8. The molecule has 0 aromatic heterocycles. The molecule has 2 atom stereocenters. The van der Waals surface area contributed by atoms with E-state index in [2.05, 4.69) is 0 Å². The average molecular weight is 321 g/mol. The van der Waals surface area contributed by atoms with Crippen LogP contribution in [-0.4, -0.2) is 32.3 Å². The molecule has 6 heteroatoms. The molecule has 1 aliphatic rings. The zero-order valence-corrected chi connectivity index (χ0v) is 12.9.